The molecule has 1 heterocycles. The Hall–Kier alpha value is -2.89. The Balaban J connectivity index is 1.87. The Labute approximate surface area is 120 Å². The maximum Gasteiger partial charge on any atom is 0.341 e. The number of hydrogen-bond acceptors (Lipinski definition) is 4. The van der Waals surface area contributed by atoms with Gasteiger partial charge in [-0.2, -0.15) is 4.98 Å². The minimum absolute atomic E-state index is 0.150. The van der Waals surface area contributed by atoms with Gasteiger partial charge in [0.15, 0.2) is 5.75 Å². The van der Waals surface area contributed by atoms with Crippen LogP contribution in [0.1, 0.15) is 5.56 Å². The first kappa shape index (κ1) is 13.1. The molecule has 0 radical (unpaired) electrons. The minimum atomic E-state index is -0.373. The molecule has 2 N–H and O–H groups in total. The molecule has 0 bridgehead atoms. The van der Waals surface area contributed by atoms with Crippen molar-refractivity contribution in [1.82, 2.24) is 14.8 Å². The lowest BCUT2D eigenvalue weighted by Gasteiger charge is -2.06. The summed E-state index contributed by atoms with van der Waals surface area (Å²) in [4.78, 5) is 4.06. The van der Waals surface area contributed by atoms with Gasteiger partial charge >= 0.3 is 6.01 Å². The van der Waals surface area contributed by atoms with E-state index in [9.17, 15) is 4.39 Å². The molecule has 0 aliphatic rings. The van der Waals surface area contributed by atoms with Crippen LogP contribution in [0.3, 0.4) is 0 Å². The zero-order valence-corrected chi connectivity index (χ0v) is 11.3. The molecule has 0 saturated heterocycles. The maximum absolute atomic E-state index is 13.4. The van der Waals surface area contributed by atoms with Crippen LogP contribution >= 0.6 is 0 Å². The number of aromatic nitrogens is 3. The number of benzene rings is 2. The van der Waals surface area contributed by atoms with Crippen LogP contribution in [-0.4, -0.2) is 14.8 Å². The Morgan fingerprint density at radius 3 is 2.71 bits per heavy atom. The number of nitrogen functional groups attached to an aromatic ring is 1. The van der Waals surface area contributed by atoms with Gasteiger partial charge in [-0.05, 0) is 30.7 Å². The average Bonchev–Trinajstić information content (AvgIpc) is 2.94. The summed E-state index contributed by atoms with van der Waals surface area (Å²) in [6, 6.07) is 12.4. The molecule has 2 aromatic carbocycles. The van der Waals surface area contributed by atoms with Gasteiger partial charge in [-0.1, -0.05) is 18.2 Å². The van der Waals surface area contributed by atoms with Crippen LogP contribution < -0.4 is 10.5 Å². The molecule has 0 fully saturated rings. The van der Waals surface area contributed by atoms with E-state index in [0.29, 0.717) is 11.3 Å². The Kier molecular flexibility index (Phi) is 3.27. The van der Waals surface area contributed by atoms with Crippen molar-refractivity contribution in [3.63, 3.8) is 0 Å². The predicted octanol–water partition coefficient (Wildman–Crippen LogP) is 3.09. The Morgan fingerprint density at radius 2 is 1.95 bits per heavy atom. The average molecular weight is 284 g/mol. The summed E-state index contributed by atoms with van der Waals surface area (Å²) in [7, 11) is 0. The highest BCUT2D eigenvalue weighted by molar-refractivity contribution is 5.55. The van der Waals surface area contributed by atoms with E-state index in [4.69, 9.17) is 10.5 Å². The van der Waals surface area contributed by atoms with Gasteiger partial charge in [0, 0.05) is 6.07 Å². The molecular formula is C15H13FN4O. The van der Waals surface area contributed by atoms with Gasteiger partial charge in [0.1, 0.15) is 12.1 Å². The van der Waals surface area contributed by atoms with Crippen molar-refractivity contribution < 1.29 is 9.13 Å². The van der Waals surface area contributed by atoms with E-state index in [1.165, 1.54) is 18.5 Å². The van der Waals surface area contributed by atoms with Crippen LogP contribution in [0.15, 0.2) is 48.8 Å². The summed E-state index contributed by atoms with van der Waals surface area (Å²) in [6.45, 7) is 1.64. The van der Waals surface area contributed by atoms with Crippen molar-refractivity contribution in [1.29, 1.82) is 0 Å². The molecule has 0 atom stereocenters. The maximum atomic E-state index is 13.4. The van der Waals surface area contributed by atoms with Crippen molar-refractivity contribution in [2.45, 2.75) is 6.92 Å². The van der Waals surface area contributed by atoms with Crippen LogP contribution in [0.25, 0.3) is 5.69 Å². The summed E-state index contributed by atoms with van der Waals surface area (Å²) >= 11 is 0. The van der Waals surface area contributed by atoms with Gasteiger partial charge in [-0.15, -0.1) is 5.10 Å². The van der Waals surface area contributed by atoms with Crippen LogP contribution in [0.5, 0.6) is 11.8 Å². The highest BCUT2D eigenvalue weighted by Gasteiger charge is 2.10. The first-order valence-corrected chi connectivity index (χ1v) is 6.34. The van der Waals surface area contributed by atoms with E-state index in [-0.39, 0.29) is 17.5 Å². The quantitative estimate of drug-likeness (QED) is 0.750. The Morgan fingerprint density at radius 1 is 1.19 bits per heavy atom. The van der Waals surface area contributed by atoms with Crippen molar-refractivity contribution in [3.8, 4) is 17.4 Å². The molecule has 3 aromatic rings. The topological polar surface area (TPSA) is 66.0 Å². The fourth-order valence-electron chi connectivity index (χ4n) is 1.86. The molecule has 0 aliphatic carbocycles. The van der Waals surface area contributed by atoms with Gasteiger partial charge in [-0.25, -0.2) is 9.07 Å². The molecule has 1 aromatic heterocycles. The van der Waals surface area contributed by atoms with Crippen LogP contribution in [0.2, 0.25) is 0 Å². The third-order valence-electron chi connectivity index (χ3n) is 2.98. The number of ether oxygens (including phenoxy) is 1. The first-order valence-electron chi connectivity index (χ1n) is 6.34. The standard InChI is InChI=1S/C15H13FN4O/c1-10-7-14(13(17)8-12(10)16)21-15-18-9-20(19-15)11-5-3-2-4-6-11/h2-9H,17H2,1H3. The molecular weight excluding hydrogens is 271 g/mol. The molecule has 6 heteroatoms. The second-order valence-electron chi connectivity index (χ2n) is 4.55. The fraction of sp³-hybridized carbons (Fsp3) is 0.0667. The van der Waals surface area contributed by atoms with E-state index in [1.807, 2.05) is 30.3 Å². The van der Waals surface area contributed by atoms with Crippen LogP contribution in [0.4, 0.5) is 10.1 Å². The van der Waals surface area contributed by atoms with E-state index in [0.717, 1.165) is 5.69 Å². The fourth-order valence-corrected chi connectivity index (χ4v) is 1.86. The largest absolute Gasteiger partial charge is 0.421 e. The smallest absolute Gasteiger partial charge is 0.341 e. The summed E-state index contributed by atoms with van der Waals surface area (Å²) in [5.41, 5.74) is 7.24. The highest BCUT2D eigenvalue weighted by Crippen LogP contribution is 2.28. The third kappa shape index (κ3) is 2.69. The monoisotopic (exact) mass is 284 g/mol. The van der Waals surface area contributed by atoms with Gasteiger partial charge < -0.3 is 10.5 Å². The second-order valence-corrected chi connectivity index (χ2v) is 4.55. The predicted molar refractivity (Wildman–Crippen MR) is 77.0 cm³/mol. The third-order valence-corrected chi connectivity index (χ3v) is 2.98. The zero-order chi connectivity index (χ0) is 14.8. The van der Waals surface area contributed by atoms with Gasteiger partial charge in [0.25, 0.3) is 0 Å². The number of para-hydroxylation sites is 1. The first-order chi connectivity index (χ1) is 10.1. The van der Waals surface area contributed by atoms with E-state index >= 15 is 0 Å². The molecule has 0 amide bonds. The Bertz CT molecular complexity index is 771. The number of nitrogens with zero attached hydrogens (tertiary/aromatic N) is 3. The number of anilines is 1. The molecule has 3 rings (SSSR count). The molecule has 0 aliphatic heterocycles. The lowest BCUT2D eigenvalue weighted by molar-refractivity contribution is 0.442. The summed E-state index contributed by atoms with van der Waals surface area (Å²) in [5, 5.41) is 4.20. The van der Waals surface area contributed by atoms with Crippen LogP contribution in [0, 0.1) is 12.7 Å². The van der Waals surface area contributed by atoms with E-state index < -0.39 is 0 Å². The number of aryl methyl sites for hydroxylation is 1. The molecule has 106 valence electrons. The molecule has 5 nitrogen and oxygen atoms in total. The molecule has 0 unspecified atom stereocenters. The lowest BCUT2D eigenvalue weighted by atomic mass is 10.2. The lowest BCUT2D eigenvalue weighted by Crippen LogP contribution is -1.97. The molecule has 0 spiro atoms. The van der Waals surface area contributed by atoms with E-state index in [2.05, 4.69) is 10.1 Å². The molecule has 0 saturated carbocycles. The number of rotatable bonds is 3. The number of halogens is 1. The summed E-state index contributed by atoms with van der Waals surface area (Å²) in [6.07, 6.45) is 1.54. The van der Waals surface area contributed by atoms with Crippen molar-refractivity contribution in [2.24, 2.45) is 0 Å². The zero-order valence-electron chi connectivity index (χ0n) is 11.3. The minimum Gasteiger partial charge on any atom is -0.421 e. The normalized spacial score (nSPS) is 10.6. The second kappa shape index (κ2) is 5.24. The number of nitrogens with two attached hydrogens (primary N) is 1. The van der Waals surface area contributed by atoms with E-state index in [1.54, 1.807) is 11.6 Å². The van der Waals surface area contributed by atoms with Crippen molar-refractivity contribution >= 4 is 5.69 Å². The van der Waals surface area contributed by atoms with Crippen LogP contribution in [-0.2, 0) is 0 Å². The van der Waals surface area contributed by atoms with Crippen molar-refractivity contribution in [2.75, 3.05) is 5.73 Å². The van der Waals surface area contributed by atoms with Crippen molar-refractivity contribution in [3.05, 3.63) is 60.2 Å². The summed E-state index contributed by atoms with van der Waals surface area (Å²) < 4.78 is 20.5. The number of hydrogen-bond donors (Lipinski definition) is 1. The SMILES string of the molecule is Cc1cc(Oc2ncn(-c3ccccc3)n2)c(N)cc1F. The van der Waals surface area contributed by atoms with Gasteiger partial charge in [-0.3, -0.25) is 0 Å². The highest BCUT2D eigenvalue weighted by atomic mass is 19.1. The van der Waals surface area contributed by atoms with Gasteiger partial charge in [0.05, 0.1) is 11.4 Å². The van der Waals surface area contributed by atoms with Gasteiger partial charge in [0.2, 0.25) is 0 Å². The summed E-state index contributed by atoms with van der Waals surface area (Å²) in [5.74, 6) is -0.0395. The molecule has 21 heavy (non-hydrogen) atoms.